The van der Waals surface area contributed by atoms with E-state index in [4.69, 9.17) is 4.74 Å². The number of benzene rings is 2. The predicted octanol–water partition coefficient (Wildman–Crippen LogP) is 3.38. The van der Waals surface area contributed by atoms with Crippen LogP contribution in [-0.2, 0) is 28.4 Å². The zero-order chi connectivity index (χ0) is 18.9. The van der Waals surface area contributed by atoms with Crippen LogP contribution in [-0.4, -0.2) is 42.9 Å². The summed E-state index contributed by atoms with van der Waals surface area (Å²) in [6.07, 6.45) is 0. The highest BCUT2D eigenvalue weighted by atomic mass is 32.2. The molecule has 2 aromatic rings. The van der Waals surface area contributed by atoms with Crippen LogP contribution < -0.4 is 5.32 Å². The second-order valence-electron chi connectivity index (χ2n) is 6.96. The van der Waals surface area contributed by atoms with Gasteiger partial charge in [0.25, 0.3) is 0 Å². The minimum absolute atomic E-state index is 0.0886. The highest BCUT2D eigenvalue weighted by Crippen LogP contribution is 2.13. The lowest BCUT2D eigenvalue weighted by Gasteiger charge is -2.26. The van der Waals surface area contributed by atoms with E-state index in [9.17, 15) is 4.79 Å². The molecule has 5 heteroatoms. The number of nitrogens with zero attached hydrogens (tertiary/aromatic N) is 1. The Hall–Kier alpha value is -1.82. The largest absolute Gasteiger partial charge is 0.379 e. The molecular formula is C22H28N2O2S. The van der Waals surface area contributed by atoms with Crippen molar-refractivity contribution in [2.75, 3.05) is 32.1 Å². The molecule has 0 atom stereocenters. The zero-order valence-corrected chi connectivity index (χ0v) is 16.8. The highest BCUT2D eigenvalue weighted by Gasteiger charge is 2.11. The second-order valence-corrected chi connectivity index (χ2v) is 7.95. The Balaban J connectivity index is 1.39. The number of hydrogen-bond donors (Lipinski definition) is 1. The lowest BCUT2D eigenvalue weighted by Crippen LogP contribution is -2.35. The van der Waals surface area contributed by atoms with Crippen molar-refractivity contribution < 1.29 is 9.53 Å². The fourth-order valence-corrected chi connectivity index (χ4v) is 3.87. The van der Waals surface area contributed by atoms with Gasteiger partial charge in [0.15, 0.2) is 0 Å². The van der Waals surface area contributed by atoms with Crippen LogP contribution in [0.1, 0.15) is 22.3 Å². The van der Waals surface area contributed by atoms with Gasteiger partial charge in [-0.15, -0.1) is 11.8 Å². The number of thioether (sulfide) groups is 1. The third-order valence-corrected chi connectivity index (χ3v) is 5.62. The van der Waals surface area contributed by atoms with Gasteiger partial charge in [-0.3, -0.25) is 9.69 Å². The Morgan fingerprint density at radius 2 is 1.81 bits per heavy atom. The van der Waals surface area contributed by atoms with Gasteiger partial charge in [-0.25, -0.2) is 0 Å². The first-order valence-corrected chi connectivity index (χ1v) is 10.6. The molecule has 0 saturated carbocycles. The van der Waals surface area contributed by atoms with Gasteiger partial charge in [-0.05, 0) is 23.6 Å². The van der Waals surface area contributed by atoms with Gasteiger partial charge in [0.2, 0.25) is 5.91 Å². The summed E-state index contributed by atoms with van der Waals surface area (Å²) >= 11 is 1.65. The summed E-state index contributed by atoms with van der Waals surface area (Å²) in [4.78, 5) is 14.5. The SMILES string of the molecule is Cc1ccc(CSCC(=O)NCc2cccc(CN3CCOCC3)c2)cc1. The lowest BCUT2D eigenvalue weighted by atomic mass is 10.1. The second kappa shape index (κ2) is 10.5. The van der Waals surface area contributed by atoms with Crippen molar-refractivity contribution in [1.82, 2.24) is 10.2 Å². The molecule has 1 aliphatic heterocycles. The molecule has 1 saturated heterocycles. The van der Waals surface area contributed by atoms with E-state index in [1.807, 2.05) is 0 Å². The molecule has 3 rings (SSSR count). The summed E-state index contributed by atoms with van der Waals surface area (Å²) in [5.41, 5.74) is 4.96. The first-order valence-electron chi connectivity index (χ1n) is 9.47. The number of nitrogens with one attached hydrogen (secondary N) is 1. The molecule has 2 aromatic carbocycles. The van der Waals surface area contributed by atoms with E-state index in [1.165, 1.54) is 16.7 Å². The number of rotatable bonds is 8. The van der Waals surface area contributed by atoms with Crippen LogP contribution in [0, 0.1) is 6.92 Å². The molecule has 0 aromatic heterocycles. The Kier molecular flexibility index (Phi) is 7.75. The van der Waals surface area contributed by atoms with Crippen LogP contribution in [0.25, 0.3) is 0 Å². The molecule has 0 radical (unpaired) electrons. The summed E-state index contributed by atoms with van der Waals surface area (Å²) in [5, 5.41) is 3.03. The number of aryl methyl sites for hydroxylation is 1. The average Bonchev–Trinajstić information content (AvgIpc) is 2.69. The maximum atomic E-state index is 12.1. The zero-order valence-electron chi connectivity index (χ0n) is 15.9. The number of morpholine rings is 1. The molecule has 1 amide bonds. The molecule has 1 aliphatic rings. The molecule has 0 bridgehead atoms. The fraction of sp³-hybridized carbons (Fsp3) is 0.409. The van der Waals surface area contributed by atoms with E-state index in [-0.39, 0.29) is 5.91 Å². The summed E-state index contributed by atoms with van der Waals surface area (Å²) in [6.45, 7) is 7.21. The van der Waals surface area contributed by atoms with Gasteiger partial charge < -0.3 is 10.1 Å². The minimum Gasteiger partial charge on any atom is -0.379 e. The topological polar surface area (TPSA) is 41.6 Å². The van der Waals surface area contributed by atoms with Crippen LogP contribution in [0.15, 0.2) is 48.5 Å². The number of amides is 1. The quantitative estimate of drug-likeness (QED) is 0.758. The molecule has 0 spiro atoms. The van der Waals surface area contributed by atoms with Crippen LogP contribution in [0.5, 0.6) is 0 Å². The molecule has 27 heavy (non-hydrogen) atoms. The van der Waals surface area contributed by atoms with Crippen molar-refractivity contribution in [3.63, 3.8) is 0 Å². The van der Waals surface area contributed by atoms with Gasteiger partial charge in [-0.1, -0.05) is 54.1 Å². The number of hydrogen-bond acceptors (Lipinski definition) is 4. The van der Waals surface area contributed by atoms with Crippen molar-refractivity contribution in [2.45, 2.75) is 25.8 Å². The lowest BCUT2D eigenvalue weighted by molar-refractivity contribution is -0.118. The van der Waals surface area contributed by atoms with Crippen molar-refractivity contribution in [1.29, 1.82) is 0 Å². The predicted molar refractivity (Wildman–Crippen MR) is 112 cm³/mol. The van der Waals surface area contributed by atoms with Gasteiger partial charge in [0, 0.05) is 31.9 Å². The monoisotopic (exact) mass is 384 g/mol. The maximum absolute atomic E-state index is 12.1. The summed E-state index contributed by atoms with van der Waals surface area (Å²) in [5.74, 6) is 1.44. The third kappa shape index (κ3) is 7.01. The molecule has 4 nitrogen and oxygen atoms in total. The highest BCUT2D eigenvalue weighted by molar-refractivity contribution is 7.99. The number of carbonyl (C=O) groups is 1. The third-order valence-electron chi connectivity index (χ3n) is 4.61. The summed E-state index contributed by atoms with van der Waals surface area (Å²) < 4.78 is 5.40. The van der Waals surface area contributed by atoms with E-state index < -0.39 is 0 Å². The van der Waals surface area contributed by atoms with E-state index in [0.717, 1.165) is 44.2 Å². The Morgan fingerprint density at radius 3 is 2.59 bits per heavy atom. The molecule has 0 aliphatic carbocycles. The molecule has 1 N–H and O–H groups in total. The van der Waals surface area contributed by atoms with E-state index in [0.29, 0.717) is 12.3 Å². The van der Waals surface area contributed by atoms with Crippen LogP contribution >= 0.6 is 11.8 Å². The molecular weight excluding hydrogens is 356 g/mol. The van der Waals surface area contributed by atoms with Crippen LogP contribution in [0.3, 0.4) is 0 Å². The molecule has 1 fully saturated rings. The van der Waals surface area contributed by atoms with Gasteiger partial charge in [0.05, 0.1) is 19.0 Å². The molecule has 144 valence electrons. The number of ether oxygens (including phenoxy) is 1. The smallest absolute Gasteiger partial charge is 0.230 e. The summed E-state index contributed by atoms with van der Waals surface area (Å²) in [7, 11) is 0. The first-order chi connectivity index (χ1) is 13.2. The van der Waals surface area contributed by atoms with Gasteiger partial charge in [-0.2, -0.15) is 0 Å². The number of carbonyl (C=O) groups excluding carboxylic acids is 1. The molecule has 1 heterocycles. The van der Waals surface area contributed by atoms with Crippen molar-refractivity contribution in [2.24, 2.45) is 0 Å². The van der Waals surface area contributed by atoms with E-state index in [1.54, 1.807) is 11.8 Å². The Morgan fingerprint density at radius 1 is 1.07 bits per heavy atom. The minimum atomic E-state index is 0.0886. The van der Waals surface area contributed by atoms with Gasteiger partial charge >= 0.3 is 0 Å². The average molecular weight is 385 g/mol. The van der Waals surface area contributed by atoms with Crippen molar-refractivity contribution >= 4 is 17.7 Å². The normalized spacial score (nSPS) is 14.9. The standard InChI is InChI=1S/C22H28N2O2S/c1-18-5-7-19(8-6-18)16-27-17-22(25)23-14-20-3-2-4-21(13-20)15-24-9-11-26-12-10-24/h2-8,13H,9-12,14-17H2,1H3,(H,23,25). The summed E-state index contributed by atoms with van der Waals surface area (Å²) in [6, 6.07) is 17.0. The maximum Gasteiger partial charge on any atom is 0.230 e. The fourth-order valence-electron chi connectivity index (χ4n) is 3.05. The first kappa shape index (κ1) is 19.9. The molecule has 0 unspecified atom stereocenters. The van der Waals surface area contributed by atoms with E-state index >= 15 is 0 Å². The van der Waals surface area contributed by atoms with Crippen LogP contribution in [0.2, 0.25) is 0 Å². The van der Waals surface area contributed by atoms with Crippen LogP contribution in [0.4, 0.5) is 0 Å². The van der Waals surface area contributed by atoms with Gasteiger partial charge in [0.1, 0.15) is 0 Å². The Labute approximate surface area is 166 Å². The van der Waals surface area contributed by atoms with E-state index in [2.05, 4.69) is 65.7 Å². The van der Waals surface area contributed by atoms with Crippen molar-refractivity contribution in [3.05, 3.63) is 70.8 Å². The Bertz CT molecular complexity index is 727. The van der Waals surface area contributed by atoms with Crippen molar-refractivity contribution in [3.8, 4) is 0 Å².